The Balaban J connectivity index is 1.45. The van der Waals surface area contributed by atoms with Crippen molar-refractivity contribution >= 4 is 29.4 Å². The third-order valence-electron chi connectivity index (χ3n) is 8.08. The number of nitrogens with zero attached hydrogens (tertiary/aromatic N) is 3. The first-order valence-electron chi connectivity index (χ1n) is 15.7. The van der Waals surface area contributed by atoms with Gasteiger partial charge in [0.2, 0.25) is 0 Å². The maximum atomic E-state index is 13.4. The topological polar surface area (TPSA) is 130 Å². The van der Waals surface area contributed by atoms with E-state index in [2.05, 4.69) is 26.1 Å². The van der Waals surface area contributed by atoms with Gasteiger partial charge in [0.05, 0.1) is 30.7 Å². The SMILES string of the molecule is Cc1ccc(C=NNC(=O)c2cc(N3CCCCC3)ccc2NC(=O)c2cccc(CNCCN(CCO)CCO)c2)cc1C. The molecule has 0 aliphatic carbocycles. The van der Waals surface area contributed by atoms with E-state index in [0.717, 1.165) is 48.3 Å². The zero-order chi connectivity index (χ0) is 32.0. The molecule has 10 nitrogen and oxygen atoms in total. The second-order valence-electron chi connectivity index (χ2n) is 11.4. The number of amides is 2. The molecule has 1 aliphatic rings. The van der Waals surface area contributed by atoms with Crippen LogP contribution in [0.25, 0.3) is 0 Å². The summed E-state index contributed by atoms with van der Waals surface area (Å²) in [6, 6.07) is 18.9. The lowest BCUT2D eigenvalue weighted by Gasteiger charge is -2.29. The summed E-state index contributed by atoms with van der Waals surface area (Å²) in [5, 5.41) is 28.9. The predicted molar refractivity (Wildman–Crippen MR) is 180 cm³/mol. The Morgan fingerprint density at radius 1 is 0.889 bits per heavy atom. The summed E-state index contributed by atoms with van der Waals surface area (Å²) in [7, 11) is 0. The van der Waals surface area contributed by atoms with Crippen molar-refractivity contribution in [1.29, 1.82) is 0 Å². The third kappa shape index (κ3) is 10.2. The zero-order valence-electron chi connectivity index (χ0n) is 26.4. The molecule has 1 aliphatic heterocycles. The number of hydrogen-bond acceptors (Lipinski definition) is 8. The van der Waals surface area contributed by atoms with E-state index in [4.69, 9.17) is 0 Å². The van der Waals surface area contributed by atoms with E-state index >= 15 is 0 Å². The average molecular weight is 615 g/mol. The summed E-state index contributed by atoms with van der Waals surface area (Å²) in [5.74, 6) is -0.717. The maximum absolute atomic E-state index is 13.4. The van der Waals surface area contributed by atoms with Crippen LogP contribution in [0.1, 0.15) is 62.2 Å². The summed E-state index contributed by atoms with van der Waals surface area (Å²) in [6.45, 7) is 8.97. The van der Waals surface area contributed by atoms with Gasteiger partial charge in [0.15, 0.2) is 0 Å². The number of piperidine rings is 1. The van der Waals surface area contributed by atoms with Gasteiger partial charge in [-0.3, -0.25) is 14.5 Å². The lowest BCUT2D eigenvalue weighted by atomic mass is 10.1. The monoisotopic (exact) mass is 614 g/mol. The number of benzene rings is 3. The fourth-order valence-electron chi connectivity index (χ4n) is 5.35. The van der Waals surface area contributed by atoms with E-state index < -0.39 is 5.91 Å². The number of aliphatic hydroxyl groups excluding tert-OH is 2. The van der Waals surface area contributed by atoms with Crippen LogP contribution in [0, 0.1) is 13.8 Å². The Labute approximate surface area is 266 Å². The van der Waals surface area contributed by atoms with Crippen LogP contribution in [-0.2, 0) is 6.54 Å². The van der Waals surface area contributed by atoms with Gasteiger partial charge in [0.25, 0.3) is 11.8 Å². The van der Waals surface area contributed by atoms with Gasteiger partial charge in [-0.1, -0.05) is 30.3 Å². The minimum Gasteiger partial charge on any atom is -0.395 e. The molecule has 4 rings (SSSR count). The Morgan fingerprint density at radius 3 is 2.40 bits per heavy atom. The molecule has 0 spiro atoms. The first-order valence-corrected chi connectivity index (χ1v) is 15.7. The standard InChI is InChI=1S/C35H46N6O4/c1-26-9-10-29(21-27(26)2)25-37-39-35(45)32-23-31(41-14-4-3-5-15-41)11-12-33(32)38-34(44)30-8-6-7-28(22-30)24-36-13-16-40(17-19-42)18-20-43/h6-12,21-23,25,36,42-43H,3-5,13-20,24H2,1-2H3,(H,38,44)(H,39,45). The van der Waals surface area contributed by atoms with Gasteiger partial charge in [-0.15, -0.1) is 0 Å². The molecular weight excluding hydrogens is 568 g/mol. The summed E-state index contributed by atoms with van der Waals surface area (Å²) < 4.78 is 0. The van der Waals surface area contributed by atoms with Crippen molar-refractivity contribution in [2.24, 2.45) is 5.10 Å². The van der Waals surface area contributed by atoms with Crippen LogP contribution in [0.2, 0.25) is 0 Å². The summed E-state index contributed by atoms with van der Waals surface area (Å²) in [4.78, 5) is 31.1. The van der Waals surface area contributed by atoms with Gasteiger partial charge in [-0.2, -0.15) is 5.10 Å². The highest BCUT2D eigenvalue weighted by molar-refractivity contribution is 6.09. The predicted octanol–water partition coefficient (Wildman–Crippen LogP) is 3.69. The molecule has 2 amide bonds. The minimum absolute atomic E-state index is 0.0435. The minimum atomic E-state index is -0.404. The molecular formula is C35H46N6O4. The Hall–Kier alpha value is -4.09. The zero-order valence-corrected chi connectivity index (χ0v) is 26.4. The smallest absolute Gasteiger partial charge is 0.273 e. The summed E-state index contributed by atoms with van der Waals surface area (Å²) in [6.07, 6.45) is 5.03. The number of aliphatic hydroxyl groups is 2. The van der Waals surface area contributed by atoms with Gasteiger partial charge in [-0.05, 0) is 85.7 Å². The Morgan fingerprint density at radius 2 is 1.67 bits per heavy atom. The Bertz CT molecular complexity index is 1450. The number of anilines is 2. The highest BCUT2D eigenvalue weighted by atomic mass is 16.3. The molecule has 240 valence electrons. The van der Waals surface area contributed by atoms with Crippen molar-refractivity contribution in [3.8, 4) is 0 Å². The van der Waals surface area contributed by atoms with E-state index in [-0.39, 0.29) is 19.1 Å². The van der Waals surface area contributed by atoms with E-state index in [1.54, 1.807) is 18.3 Å². The van der Waals surface area contributed by atoms with Crippen molar-refractivity contribution in [1.82, 2.24) is 15.6 Å². The van der Waals surface area contributed by atoms with Gasteiger partial charge in [-0.25, -0.2) is 5.43 Å². The first-order chi connectivity index (χ1) is 21.9. The van der Waals surface area contributed by atoms with Crippen molar-refractivity contribution < 1.29 is 19.8 Å². The number of nitrogens with one attached hydrogen (secondary N) is 3. The van der Waals surface area contributed by atoms with Crippen LogP contribution in [0.5, 0.6) is 0 Å². The van der Waals surface area contributed by atoms with Crippen molar-refractivity contribution in [2.75, 3.05) is 62.7 Å². The van der Waals surface area contributed by atoms with Gasteiger partial charge >= 0.3 is 0 Å². The highest BCUT2D eigenvalue weighted by Gasteiger charge is 2.19. The molecule has 5 N–H and O–H groups in total. The quantitative estimate of drug-likeness (QED) is 0.100. The molecule has 3 aromatic rings. The summed E-state index contributed by atoms with van der Waals surface area (Å²) >= 11 is 0. The van der Waals surface area contributed by atoms with Crippen LogP contribution in [0.15, 0.2) is 65.8 Å². The highest BCUT2D eigenvalue weighted by Crippen LogP contribution is 2.26. The summed E-state index contributed by atoms with van der Waals surface area (Å²) in [5.41, 5.74) is 8.99. The van der Waals surface area contributed by atoms with Crippen LogP contribution in [-0.4, -0.2) is 85.6 Å². The number of hydrogen-bond donors (Lipinski definition) is 5. The molecule has 0 saturated carbocycles. The average Bonchev–Trinajstić information content (AvgIpc) is 3.05. The normalized spacial score (nSPS) is 13.4. The van der Waals surface area contributed by atoms with Crippen LogP contribution >= 0.6 is 0 Å². The molecule has 10 heteroatoms. The molecule has 3 aromatic carbocycles. The van der Waals surface area contributed by atoms with Crippen molar-refractivity contribution in [3.05, 3.63) is 94.0 Å². The molecule has 1 fully saturated rings. The molecule has 0 aromatic heterocycles. The van der Waals surface area contributed by atoms with E-state index in [0.29, 0.717) is 49.5 Å². The van der Waals surface area contributed by atoms with Crippen LogP contribution < -0.4 is 21.0 Å². The molecule has 45 heavy (non-hydrogen) atoms. The van der Waals surface area contributed by atoms with Crippen LogP contribution in [0.4, 0.5) is 11.4 Å². The van der Waals surface area contributed by atoms with Crippen LogP contribution in [0.3, 0.4) is 0 Å². The van der Waals surface area contributed by atoms with Gasteiger partial charge < -0.3 is 25.7 Å². The van der Waals surface area contributed by atoms with Gasteiger partial charge in [0.1, 0.15) is 0 Å². The number of aryl methyl sites for hydroxylation is 2. The molecule has 0 unspecified atom stereocenters. The number of rotatable bonds is 15. The van der Waals surface area contributed by atoms with E-state index in [9.17, 15) is 19.8 Å². The van der Waals surface area contributed by atoms with Crippen molar-refractivity contribution in [2.45, 2.75) is 39.7 Å². The van der Waals surface area contributed by atoms with E-state index in [1.165, 1.54) is 12.0 Å². The fraction of sp³-hybridized carbons (Fsp3) is 0.400. The van der Waals surface area contributed by atoms with Gasteiger partial charge in [0, 0.05) is 57.1 Å². The van der Waals surface area contributed by atoms with E-state index in [1.807, 2.05) is 67.3 Å². The second kappa shape index (κ2) is 17.4. The number of carbonyl (C=O) groups is 2. The number of hydrazone groups is 1. The molecule has 1 saturated heterocycles. The van der Waals surface area contributed by atoms with Crippen molar-refractivity contribution in [3.63, 3.8) is 0 Å². The lowest BCUT2D eigenvalue weighted by Crippen LogP contribution is -2.35. The number of carbonyl (C=O) groups excluding carboxylic acids is 2. The third-order valence-corrected chi connectivity index (χ3v) is 8.08. The fourth-order valence-corrected chi connectivity index (χ4v) is 5.35. The molecule has 0 radical (unpaired) electrons. The second-order valence-corrected chi connectivity index (χ2v) is 11.4. The molecule has 0 bridgehead atoms. The lowest BCUT2D eigenvalue weighted by molar-refractivity contribution is 0.0956. The maximum Gasteiger partial charge on any atom is 0.273 e. The molecule has 1 heterocycles. The largest absolute Gasteiger partial charge is 0.395 e. The Kier molecular flexibility index (Phi) is 13.1. The molecule has 0 atom stereocenters. The first kappa shape index (κ1) is 33.8.